The van der Waals surface area contributed by atoms with Crippen molar-refractivity contribution in [2.45, 2.75) is 6.92 Å². The number of rotatable bonds is 5. The van der Waals surface area contributed by atoms with E-state index in [1.807, 2.05) is 18.2 Å². The Bertz CT molecular complexity index is 1010. The minimum Gasteiger partial charge on any atom is -0.302 e. The average molecular weight is 383 g/mol. The molecule has 27 heavy (non-hydrogen) atoms. The second-order valence-corrected chi connectivity index (χ2v) is 6.19. The van der Waals surface area contributed by atoms with E-state index in [1.165, 1.54) is 12.1 Å². The third-order valence-electron chi connectivity index (χ3n) is 4.07. The molecule has 0 atom stereocenters. The van der Waals surface area contributed by atoms with Gasteiger partial charge in [-0.25, -0.2) is 0 Å². The highest BCUT2D eigenvalue weighted by Gasteiger charge is 2.33. The number of amides is 1. The molecule has 0 aromatic heterocycles. The van der Waals surface area contributed by atoms with Crippen LogP contribution in [0.4, 0.5) is 11.4 Å². The number of para-hydroxylation sites is 1. The van der Waals surface area contributed by atoms with E-state index < -0.39 is 4.92 Å². The Balaban J connectivity index is 1.99. The van der Waals surface area contributed by atoms with Crippen LogP contribution in [0.5, 0.6) is 0 Å². The summed E-state index contributed by atoms with van der Waals surface area (Å²) in [5.41, 5.74) is 2.36. The van der Waals surface area contributed by atoms with Crippen LogP contribution < -0.4 is 4.90 Å². The summed E-state index contributed by atoms with van der Waals surface area (Å²) in [6.45, 7) is 5.69. The molecule has 1 aliphatic rings. The molecule has 2 aromatic carbocycles. The van der Waals surface area contributed by atoms with Gasteiger partial charge in [0.15, 0.2) is 5.71 Å². The van der Waals surface area contributed by atoms with Gasteiger partial charge in [0.1, 0.15) is 5.02 Å². The number of benzene rings is 2. The van der Waals surface area contributed by atoms with E-state index in [-0.39, 0.29) is 22.3 Å². The second kappa shape index (κ2) is 7.51. The molecule has 1 aliphatic heterocycles. The molecule has 1 amide bonds. The molecule has 0 spiro atoms. The van der Waals surface area contributed by atoms with Gasteiger partial charge in [0.25, 0.3) is 11.6 Å². The molecule has 0 N–H and O–H groups in total. The first kappa shape index (κ1) is 18.5. The SMILES string of the molecule is C=CCN1C(=O)/C(=N\N=C(\C)c2ccc(Cl)c([N+](=O)[O-])c2)c2ccccc21. The van der Waals surface area contributed by atoms with Crippen molar-refractivity contribution < 1.29 is 9.72 Å². The first-order valence-corrected chi connectivity index (χ1v) is 8.40. The normalized spacial score (nSPS) is 15.2. The van der Waals surface area contributed by atoms with Crippen molar-refractivity contribution in [1.29, 1.82) is 0 Å². The van der Waals surface area contributed by atoms with E-state index in [0.717, 1.165) is 5.69 Å². The Morgan fingerprint density at radius 2 is 2.07 bits per heavy atom. The molecular weight excluding hydrogens is 368 g/mol. The van der Waals surface area contributed by atoms with Crippen LogP contribution in [-0.4, -0.2) is 28.8 Å². The molecule has 3 rings (SSSR count). The van der Waals surface area contributed by atoms with Crippen molar-refractivity contribution in [2.75, 3.05) is 11.4 Å². The van der Waals surface area contributed by atoms with Crippen LogP contribution in [0.3, 0.4) is 0 Å². The minimum absolute atomic E-state index is 0.0443. The smallest absolute Gasteiger partial charge is 0.288 e. The highest BCUT2D eigenvalue weighted by Crippen LogP contribution is 2.29. The number of fused-ring (bicyclic) bond motifs is 1. The predicted octanol–water partition coefficient (Wildman–Crippen LogP) is 3.99. The summed E-state index contributed by atoms with van der Waals surface area (Å²) in [5, 5.41) is 19.3. The van der Waals surface area contributed by atoms with Gasteiger partial charge in [-0.15, -0.1) is 11.7 Å². The zero-order valence-corrected chi connectivity index (χ0v) is 15.2. The van der Waals surface area contributed by atoms with E-state index in [0.29, 0.717) is 23.4 Å². The summed E-state index contributed by atoms with van der Waals surface area (Å²) in [7, 11) is 0. The van der Waals surface area contributed by atoms with Crippen LogP contribution in [0.15, 0.2) is 65.3 Å². The maximum Gasteiger partial charge on any atom is 0.288 e. The van der Waals surface area contributed by atoms with Gasteiger partial charge >= 0.3 is 0 Å². The average Bonchev–Trinajstić information content (AvgIpc) is 2.92. The maximum atomic E-state index is 12.7. The maximum absolute atomic E-state index is 12.7. The van der Waals surface area contributed by atoms with E-state index >= 15 is 0 Å². The molecule has 1 heterocycles. The Hall–Kier alpha value is -3.32. The molecule has 136 valence electrons. The molecule has 0 aliphatic carbocycles. The summed E-state index contributed by atoms with van der Waals surface area (Å²) in [6, 6.07) is 11.7. The van der Waals surface area contributed by atoms with Crippen LogP contribution >= 0.6 is 11.6 Å². The van der Waals surface area contributed by atoms with Crippen molar-refractivity contribution in [3.63, 3.8) is 0 Å². The topological polar surface area (TPSA) is 88.2 Å². The van der Waals surface area contributed by atoms with Crippen LogP contribution in [0.1, 0.15) is 18.1 Å². The number of nitro benzene ring substituents is 1. The van der Waals surface area contributed by atoms with Gasteiger partial charge in [-0.2, -0.15) is 5.10 Å². The van der Waals surface area contributed by atoms with Gasteiger partial charge in [-0.1, -0.05) is 41.9 Å². The molecular formula is C19H15ClN4O3. The Kier molecular flexibility index (Phi) is 5.14. The van der Waals surface area contributed by atoms with E-state index in [2.05, 4.69) is 16.8 Å². The van der Waals surface area contributed by atoms with Gasteiger partial charge in [-0.3, -0.25) is 14.9 Å². The van der Waals surface area contributed by atoms with E-state index in [9.17, 15) is 14.9 Å². The number of halogens is 1. The molecule has 0 saturated carbocycles. The number of anilines is 1. The van der Waals surface area contributed by atoms with E-state index in [4.69, 9.17) is 11.6 Å². The monoisotopic (exact) mass is 382 g/mol. The Morgan fingerprint density at radius 3 is 2.78 bits per heavy atom. The standard InChI is InChI=1S/C19H15ClN4O3/c1-3-10-23-16-7-5-4-6-14(16)18(19(23)25)22-21-12(2)13-8-9-15(20)17(11-13)24(26)27/h3-9,11H,1,10H2,2H3/b21-12-,22-18-. The van der Waals surface area contributed by atoms with Crippen LogP contribution in [0.25, 0.3) is 0 Å². The number of nitrogens with zero attached hydrogens (tertiary/aromatic N) is 4. The van der Waals surface area contributed by atoms with Crippen LogP contribution in [-0.2, 0) is 4.79 Å². The molecule has 7 nitrogen and oxygen atoms in total. The van der Waals surface area contributed by atoms with Crippen LogP contribution in [0, 0.1) is 10.1 Å². The number of hydrogen-bond acceptors (Lipinski definition) is 5. The van der Waals surface area contributed by atoms with Crippen molar-refractivity contribution in [1.82, 2.24) is 0 Å². The first-order valence-electron chi connectivity index (χ1n) is 8.02. The van der Waals surface area contributed by atoms with Crippen molar-refractivity contribution in [3.05, 3.63) is 81.4 Å². The number of nitro groups is 1. The minimum atomic E-state index is -0.561. The molecule has 0 fully saturated rings. The van der Waals surface area contributed by atoms with Gasteiger partial charge in [-0.05, 0) is 19.1 Å². The van der Waals surface area contributed by atoms with Gasteiger partial charge in [0.2, 0.25) is 0 Å². The molecule has 0 radical (unpaired) electrons. The second-order valence-electron chi connectivity index (χ2n) is 5.78. The largest absolute Gasteiger partial charge is 0.302 e. The zero-order chi connectivity index (χ0) is 19.6. The summed E-state index contributed by atoms with van der Waals surface area (Å²) in [5.74, 6) is -0.269. The Morgan fingerprint density at radius 1 is 1.33 bits per heavy atom. The molecule has 0 bridgehead atoms. The Labute approximate surface area is 160 Å². The lowest BCUT2D eigenvalue weighted by Crippen LogP contribution is -2.30. The summed E-state index contributed by atoms with van der Waals surface area (Å²) in [4.78, 5) is 24.7. The predicted molar refractivity (Wildman–Crippen MR) is 106 cm³/mol. The lowest BCUT2D eigenvalue weighted by atomic mass is 10.1. The fraction of sp³-hybridized carbons (Fsp3) is 0.105. The number of carbonyl (C=O) groups excluding carboxylic acids is 1. The van der Waals surface area contributed by atoms with Gasteiger partial charge < -0.3 is 4.90 Å². The van der Waals surface area contributed by atoms with Crippen molar-refractivity contribution in [3.8, 4) is 0 Å². The first-order chi connectivity index (χ1) is 12.9. The quantitative estimate of drug-likeness (QED) is 0.339. The molecule has 8 heteroatoms. The highest BCUT2D eigenvalue weighted by molar-refractivity contribution is 6.54. The molecule has 0 saturated heterocycles. The summed E-state index contributed by atoms with van der Waals surface area (Å²) in [6.07, 6.45) is 1.64. The van der Waals surface area contributed by atoms with Crippen molar-refractivity contribution >= 4 is 40.3 Å². The molecule has 2 aromatic rings. The number of carbonyl (C=O) groups is 1. The third-order valence-corrected chi connectivity index (χ3v) is 4.39. The van der Waals surface area contributed by atoms with Gasteiger partial charge in [0.05, 0.1) is 16.3 Å². The van der Waals surface area contributed by atoms with Gasteiger partial charge in [0, 0.05) is 23.7 Å². The van der Waals surface area contributed by atoms with Crippen LogP contribution in [0.2, 0.25) is 5.02 Å². The van der Waals surface area contributed by atoms with Crippen molar-refractivity contribution in [2.24, 2.45) is 10.2 Å². The zero-order valence-electron chi connectivity index (χ0n) is 14.4. The summed E-state index contributed by atoms with van der Waals surface area (Å²) < 4.78 is 0. The fourth-order valence-corrected chi connectivity index (χ4v) is 2.92. The summed E-state index contributed by atoms with van der Waals surface area (Å²) >= 11 is 5.83. The third kappa shape index (κ3) is 3.50. The van der Waals surface area contributed by atoms with E-state index in [1.54, 1.807) is 30.0 Å². The molecule has 0 unspecified atom stereocenters. The lowest BCUT2D eigenvalue weighted by Gasteiger charge is -2.13. The fourth-order valence-electron chi connectivity index (χ4n) is 2.73. The highest BCUT2D eigenvalue weighted by atomic mass is 35.5. The lowest BCUT2D eigenvalue weighted by molar-refractivity contribution is -0.384. The number of hydrogen-bond donors (Lipinski definition) is 0.